The monoisotopic (exact) mass is 472 g/mol. The third-order valence-corrected chi connectivity index (χ3v) is 5.66. The van der Waals surface area contributed by atoms with Crippen LogP contribution in [0.4, 0.5) is 0 Å². The molecule has 1 aromatic carbocycles. The fraction of sp³-hybridized carbons (Fsp3) is 0.292. The zero-order valence-corrected chi connectivity index (χ0v) is 19.5. The van der Waals surface area contributed by atoms with Crippen molar-refractivity contribution in [3.8, 4) is 17.4 Å². The first-order chi connectivity index (χ1) is 15.2. The molecule has 0 saturated carbocycles. The highest BCUT2D eigenvalue weighted by molar-refractivity contribution is 6.42. The molecule has 6 nitrogen and oxygen atoms in total. The molecule has 8 heteroatoms. The summed E-state index contributed by atoms with van der Waals surface area (Å²) in [5, 5.41) is 10.3. The predicted octanol–water partition coefficient (Wildman–Crippen LogP) is 5.66. The molecule has 0 saturated heterocycles. The van der Waals surface area contributed by atoms with Gasteiger partial charge in [-0.15, -0.1) is 0 Å². The topological polar surface area (TPSA) is 83.5 Å². The van der Waals surface area contributed by atoms with E-state index in [1.807, 2.05) is 19.9 Å². The van der Waals surface area contributed by atoms with Crippen molar-refractivity contribution in [3.63, 3.8) is 0 Å². The van der Waals surface area contributed by atoms with Gasteiger partial charge >= 0.3 is 0 Å². The number of hydrogen-bond donors (Lipinski definition) is 0. The highest BCUT2D eigenvalue weighted by atomic mass is 35.5. The highest BCUT2D eigenvalue weighted by Gasteiger charge is 2.35. The summed E-state index contributed by atoms with van der Waals surface area (Å²) in [5.74, 6) is -0.112. The van der Waals surface area contributed by atoms with E-state index in [2.05, 4.69) is 0 Å². The van der Waals surface area contributed by atoms with Crippen molar-refractivity contribution in [2.75, 3.05) is 13.2 Å². The van der Waals surface area contributed by atoms with Gasteiger partial charge in [0.15, 0.2) is 0 Å². The van der Waals surface area contributed by atoms with Crippen LogP contribution in [0.15, 0.2) is 51.5 Å². The van der Waals surface area contributed by atoms with E-state index in [1.54, 1.807) is 43.3 Å². The molecule has 2 aromatic rings. The van der Waals surface area contributed by atoms with Crippen molar-refractivity contribution in [1.82, 2.24) is 4.90 Å². The molecule has 1 aromatic heterocycles. The molecule has 166 valence electrons. The van der Waals surface area contributed by atoms with Gasteiger partial charge in [0.1, 0.15) is 23.2 Å². The Hall–Kier alpha value is -2.85. The molecule has 2 amide bonds. The van der Waals surface area contributed by atoms with Crippen LogP contribution in [-0.2, 0) is 14.3 Å². The Balaban J connectivity index is 1.89. The predicted molar refractivity (Wildman–Crippen MR) is 123 cm³/mol. The molecule has 1 aliphatic rings. The molecule has 0 aliphatic carbocycles. The minimum atomic E-state index is -0.590. The SMILES string of the molecule is CC1=C(C#N)C(=O)N(CCCOC(C)C)C(=O)/C1=C/c1ccc(-c2ccc(Cl)c(Cl)c2)o1. The summed E-state index contributed by atoms with van der Waals surface area (Å²) in [6, 6.07) is 10.5. The molecule has 0 atom stereocenters. The molecule has 1 aliphatic heterocycles. The summed E-state index contributed by atoms with van der Waals surface area (Å²) in [4.78, 5) is 26.8. The Bertz CT molecular complexity index is 1150. The zero-order valence-electron chi connectivity index (χ0n) is 17.9. The summed E-state index contributed by atoms with van der Waals surface area (Å²) in [5.41, 5.74) is 1.23. The number of benzene rings is 1. The summed E-state index contributed by atoms with van der Waals surface area (Å²) < 4.78 is 11.3. The average molecular weight is 473 g/mol. The lowest BCUT2D eigenvalue weighted by atomic mass is 9.94. The fourth-order valence-corrected chi connectivity index (χ4v) is 3.55. The number of halogens is 2. The van der Waals surface area contributed by atoms with E-state index in [4.69, 9.17) is 32.4 Å². The van der Waals surface area contributed by atoms with Gasteiger partial charge < -0.3 is 9.15 Å². The van der Waals surface area contributed by atoms with E-state index in [-0.39, 0.29) is 23.8 Å². The van der Waals surface area contributed by atoms with Gasteiger partial charge in [-0.25, -0.2) is 0 Å². The molecular formula is C24H22Cl2N2O4. The largest absolute Gasteiger partial charge is 0.457 e. The Kier molecular flexibility index (Phi) is 7.57. The van der Waals surface area contributed by atoms with Gasteiger partial charge in [0.25, 0.3) is 11.8 Å². The molecule has 0 unspecified atom stereocenters. The maximum absolute atomic E-state index is 13.1. The van der Waals surface area contributed by atoms with Crippen molar-refractivity contribution in [1.29, 1.82) is 5.26 Å². The van der Waals surface area contributed by atoms with E-state index in [1.165, 1.54) is 0 Å². The molecule has 0 bridgehead atoms. The summed E-state index contributed by atoms with van der Waals surface area (Å²) in [6.45, 7) is 5.97. The van der Waals surface area contributed by atoms with Gasteiger partial charge in [-0.2, -0.15) is 5.26 Å². The van der Waals surface area contributed by atoms with E-state index >= 15 is 0 Å². The maximum Gasteiger partial charge on any atom is 0.271 e. The number of amides is 2. The molecule has 2 heterocycles. The van der Waals surface area contributed by atoms with Crippen molar-refractivity contribution < 1.29 is 18.7 Å². The number of carbonyl (C=O) groups excluding carboxylic acids is 2. The van der Waals surface area contributed by atoms with Crippen LogP contribution in [0.3, 0.4) is 0 Å². The molecule has 0 radical (unpaired) electrons. The lowest BCUT2D eigenvalue weighted by Gasteiger charge is -2.27. The second kappa shape index (κ2) is 10.2. The fourth-order valence-electron chi connectivity index (χ4n) is 3.25. The van der Waals surface area contributed by atoms with Crippen molar-refractivity contribution in [3.05, 3.63) is 62.9 Å². The second-order valence-corrected chi connectivity index (χ2v) is 8.35. The first-order valence-electron chi connectivity index (χ1n) is 10.1. The Labute approximate surface area is 196 Å². The molecule has 0 fully saturated rings. The van der Waals surface area contributed by atoms with Crippen LogP contribution >= 0.6 is 23.2 Å². The molecule has 32 heavy (non-hydrogen) atoms. The van der Waals surface area contributed by atoms with Crippen LogP contribution in [-0.4, -0.2) is 36.0 Å². The van der Waals surface area contributed by atoms with Gasteiger partial charge in [0, 0.05) is 24.3 Å². The van der Waals surface area contributed by atoms with Crippen LogP contribution in [0.25, 0.3) is 17.4 Å². The quantitative estimate of drug-likeness (QED) is 0.294. The summed E-state index contributed by atoms with van der Waals surface area (Å²) in [6.07, 6.45) is 2.07. The smallest absolute Gasteiger partial charge is 0.271 e. The number of furan rings is 1. The third kappa shape index (κ3) is 5.13. The number of hydrogen-bond acceptors (Lipinski definition) is 5. The number of rotatable bonds is 7. The van der Waals surface area contributed by atoms with Gasteiger partial charge in [0.05, 0.1) is 16.1 Å². The Morgan fingerprint density at radius 2 is 1.91 bits per heavy atom. The van der Waals surface area contributed by atoms with Crippen molar-refractivity contribution in [2.45, 2.75) is 33.3 Å². The van der Waals surface area contributed by atoms with E-state index in [0.29, 0.717) is 40.2 Å². The van der Waals surface area contributed by atoms with Crippen LogP contribution in [0.5, 0.6) is 0 Å². The maximum atomic E-state index is 13.1. The second-order valence-electron chi connectivity index (χ2n) is 7.54. The lowest BCUT2D eigenvalue weighted by Crippen LogP contribution is -2.43. The van der Waals surface area contributed by atoms with Crippen LogP contribution < -0.4 is 0 Å². The minimum Gasteiger partial charge on any atom is -0.457 e. The molecule has 3 rings (SSSR count). The number of nitriles is 1. The normalized spacial score (nSPS) is 15.8. The van der Waals surface area contributed by atoms with Crippen molar-refractivity contribution >= 4 is 41.1 Å². The first kappa shape index (κ1) is 23.8. The number of carbonyl (C=O) groups is 2. The zero-order chi connectivity index (χ0) is 23.4. The summed E-state index contributed by atoms with van der Waals surface area (Å²) in [7, 11) is 0. The third-order valence-electron chi connectivity index (χ3n) is 4.92. The lowest BCUT2D eigenvalue weighted by molar-refractivity contribution is -0.140. The molecular weight excluding hydrogens is 451 g/mol. The van der Waals surface area contributed by atoms with Gasteiger partial charge in [-0.1, -0.05) is 23.2 Å². The Morgan fingerprint density at radius 1 is 1.16 bits per heavy atom. The van der Waals surface area contributed by atoms with Gasteiger partial charge in [-0.3, -0.25) is 14.5 Å². The van der Waals surface area contributed by atoms with E-state index < -0.39 is 11.8 Å². The number of nitrogens with zero attached hydrogens (tertiary/aromatic N) is 2. The number of ether oxygens (including phenoxy) is 1. The van der Waals surface area contributed by atoms with Gasteiger partial charge in [0.2, 0.25) is 0 Å². The van der Waals surface area contributed by atoms with Crippen molar-refractivity contribution in [2.24, 2.45) is 0 Å². The molecule has 0 N–H and O–H groups in total. The average Bonchev–Trinajstić information content (AvgIpc) is 3.21. The first-order valence-corrected chi connectivity index (χ1v) is 10.8. The molecule has 0 spiro atoms. The number of imide groups is 1. The highest BCUT2D eigenvalue weighted by Crippen LogP contribution is 2.32. The van der Waals surface area contributed by atoms with Gasteiger partial charge in [-0.05, 0) is 69.2 Å². The standard InChI is InChI=1S/C24H22Cl2N2O4/c1-14(2)31-10-4-9-28-23(29)18(15(3)19(13-27)24(28)30)12-17-6-8-22(32-17)16-5-7-20(25)21(26)11-16/h5-8,11-12,14H,4,9-10H2,1-3H3/b18-12+. The van der Waals surface area contributed by atoms with Crippen LogP contribution in [0, 0.1) is 11.3 Å². The minimum absolute atomic E-state index is 0.0543. The van der Waals surface area contributed by atoms with E-state index in [9.17, 15) is 14.9 Å². The van der Waals surface area contributed by atoms with Crippen LogP contribution in [0.1, 0.15) is 33.0 Å². The van der Waals surface area contributed by atoms with E-state index in [0.717, 1.165) is 10.5 Å². The summed E-state index contributed by atoms with van der Waals surface area (Å²) >= 11 is 12.0. The van der Waals surface area contributed by atoms with Crippen LogP contribution in [0.2, 0.25) is 10.0 Å². The Morgan fingerprint density at radius 3 is 2.56 bits per heavy atom.